The van der Waals surface area contributed by atoms with Gasteiger partial charge in [-0.2, -0.15) is 0 Å². The number of H-pyrrole nitrogens is 3. The molecule has 0 radical (unpaired) electrons. The molecule has 3 heteroatoms. The number of aromatic amines is 3. The molecule has 27 heavy (non-hydrogen) atoms. The second-order valence-corrected chi connectivity index (χ2v) is 7.25. The average Bonchev–Trinajstić information content (AvgIpc) is 3.44. The number of fused-ring (bicyclic) bond motifs is 13. The molecule has 0 aliphatic heterocycles. The third-order valence-corrected chi connectivity index (χ3v) is 5.96. The Hall–Kier alpha value is -3.72. The summed E-state index contributed by atoms with van der Waals surface area (Å²) in [6.07, 6.45) is 4.09. The van der Waals surface area contributed by atoms with Crippen LogP contribution in [-0.2, 0) is 0 Å². The molecule has 0 fully saturated rings. The van der Waals surface area contributed by atoms with E-state index in [9.17, 15) is 0 Å². The molecule has 0 aliphatic carbocycles. The minimum Gasteiger partial charge on any atom is -0.361 e. The SMILES string of the molecule is c1ccc2c(c1)c1[nH]ccc1c1c2[nH]c2c3ccccc3c3[nH]ccc3c21. The van der Waals surface area contributed by atoms with E-state index in [1.54, 1.807) is 0 Å². The molecule has 0 spiro atoms. The van der Waals surface area contributed by atoms with Gasteiger partial charge in [0, 0.05) is 55.5 Å². The molecule has 0 bridgehead atoms. The Morgan fingerprint density at radius 1 is 0.407 bits per heavy atom. The third-order valence-electron chi connectivity index (χ3n) is 5.96. The van der Waals surface area contributed by atoms with Crippen LogP contribution < -0.4 is 0 Å². The lowest BCUT2D eigenvalue weighted by molar-refractivity contribution is 1.49. The Morgan fingerprint density at radius 2 is 0.815 bits per heavy atom. The fourth-order valence-corrected chi connectivity index (χ4v) is 4.88. The molecule has 0 amide bonds. The summed E-state index contributed by atoms with van der Waals surface area (Å²) in [5, 5.41) is 10.2. The van der Waals surface area contributed by atoms with Crippen molar-refractivity contribution < 1.29 is 0 Å². The van der Waals surface area contributed by atoms with Crippen molar-refractivity contribution in [2.24, 2.45) is 0 Å². The van der Waals surface area contributed by atoms with Crippen LogP contribution in [0.3, 0.4) is 0 Å². The van der Waals surface area contributed by atoms with E-state index in [0.29, 0.717) is 0 Å². The Labute approximate surface area is 153 Å². The van der Waals surface area contributed by atoms with Gasteiger partial charge in [-0.25, -0.2) is 0 Å². The van der Waals surface area contributed by atoms with Gasteiger partial charge in [0.2, 0.25) is 0 Å². The molecule has 3 nitrogen and oxygen atoms in total. The summed E-state index contributed by atoms with van der Waals surface area (Å²) < 4.78 is 0. The summed E-state index contributed by atoms with van der Waals surface area (Å²) in [5.74, 6) is 0. The number of hydrogen-bond donors (Lipinski definition) is 3. The zero-order valence-electron chi connectivity index (χ0n) is 14.4. The van der Waals surface area contributed by atoms with Crippen LogP contribution in [0.25, 0.3) is 65.2 Å². The van der Waals surface area contributed by atoms with Crippen molar-refractivity contribution in [3.8, 4) is 0 Å². The van der Waals surface area contributed by atoms with E-state index >= 15 is 0 Å². The van der Waals surface area contributed by atoms with Gasteiger partial charge in [0.1, 0.15) is 0 Å². The van der Waals surface area contributed by atoms with Gasteiger partial charge in [-0.05, 0) is 12.1 Å². The Balaban J connectivity index is 1.95. The second kappa shape index (κ2) is 4.51. The minimum atomic E-state index is 1.20. The standard InChI is InChI=1S/C24H15N3/c1-3-7-15-13(5-1)21-17(9-11-25-21)19-20-18-10-12-26-22(18)14-6-2-4-8-16(14)24(20)27-23(15)19/h1-12,25-27H. The van der Waals surface area contributed by atoms with Crippen molar-refractivity contribution in [2.75, 3.05) is 0 Å². The molecule has 4 aromatic carbocycles. The van der Waals surface area contributed by atoms with Crippen LogP contribution in [-0.4, -0.2) is 15.0 Å². The van der Waals surface area contributed by atoms with Crippen molar-refractivity contribution in [1.29, 1.82) is 0 Å². The average molecular weight is 345 g/mol. The second-order valence-electron chi connectivity index (χ2n) is 7.25. The van der Waals surface area contributed by atoms with Crippen LogP contribution in [0.1, 0.15) is 0 Å². The summed E-state index contributed by atoms with van der Waals surface area (Å²) in [5.41, 5.74) is 4.84. The van der Waals surface area contributed by atoms with E-state index in [2.05, 4.69) is 75.6 Å². The molecule has 0 unspecified atom stereocenters. The van der Waals surface area contributed by atoms with Crippen LogP contribution >= 0.6 is 0 Å². The van der Waals surface area contributed by atoms with Crippen molar-refractivity contribution in [2.45, 2.75) is 0 Å². The molecule has 3 N–H and O–H groups in total. The highest BCUT2D eigenvalue weighted by Crippen LogP contribution is 2.43. The zero-order valence-corrected chi connectivity index (χ0v) is 14.4. The molecular formula is C24H15N3. The first-order valence-electron chi connectivity index (χ1n) is 9.23. The maximum atomic E-state index is 3.80. The molecule has 0 saturated carbocycles. The topological polar surface area (TPSA) is 47.4 Å². The number of hydrogen-bond acceptors (Lipinski definition) is 0. The van der Waals surface area contributed by atoms with Crippen molar-refractivity contribution in [1.82, 2.24) is 15.0 Å². The van der Waals surface area contributed by atoms with E-state index in [0.717, 1.165) is 0 Å². The number of nitrogens with one attached hydrogen (secondary N) is 3. The Morgan fingerprint density at radius 3 is 1.26 bits per heavy atom. The van der Waals surface area contributed by atoms with E-state index < -0.39 is 0 Å². The van der Waals surface area contributed by atoms with Crippen molar-refractivity contribution in [3.05, 3.63) is 73.1 Å². The molecule has 7 rings (SSSR count). The lowest BCUT2D eigenvalue weighted by atomic mass is 9.98. The van der Waals surface area contributed by atoms with Gasteiger partial charge < -0.3 is 15.0 Å². The van der Waals surface area contributed by atoms with E-state index in [1.807, 2.05) is 12.4 Å². The van der Waals surface area contributed by atoms with Gasteiger partial charge in [0.05, 0.1) is 22.1 Å². The number of aromatic nitrogens is 3. The van der Waals surface area contributed by atoms with Crippen LogP contribution in [0, 0.1) is 0 Å². The maximum absolute atomic E-state index is 3.80. The van der Waals surface area contributed by atoms with Gasteiger partial charge in [0.25, 0.3) is 0 Å². The molecule has 7 aromatic rings. The normalized spacial score (nSPS) is 12.4. The highest BCUT2D eigenvalue weighted by atomic mass is 14.7. The first-order valence-corrected chi connectivity index (χ1v) is 9.23. The van der Waals surface area contributed by atoms with Crippen LogP contribution in [0.15, 0.2) is 73.1 Å². The predicted octanol–water partition coefficient (Wildman–Crippen LogP) is 6.59. The monoisotopic (exact) mass is 345 g/mol. The van der Waals surface area contributed by atoms with E-state index in [-0.39, 0.29) is 0 Å². The summed E-state index contributed by atoms with van der Waals surface area (Å²) in [4.78, 5) is 10.7. The Kier molecular flexibility index (Phi) is 2.25. The molecule has 126 valence electrons. The quantitative estimate of drug-likeness (QED) is 0.278. The smallest absolute Gasteiger partial charge is 0.0552 e. The number of benzene rings is 4. The highest BCUT2D eigenvalue weighted by Gasteiger charge is 2.18. The first kappa shape index (κ1) is 13.5. The molecular weight excluding hydrogens is 330 g/mol. The third kappa shape index (κ3) is 1.50. The van der Waals surface area contributed by atoms with Crippen LogP contribution in [0.5, 0.6) is 0 Å². The zero-order chi connectivity index (χ0) is 17.5. The lowest BCUT2D eigenvalue weighted by Gasteiger charge is -2.05. The molecule has 0 saturated heterocycles. The highest BCUT2D eigenvalue weighted by molar-refractivity contribution is 6.38. The van der Waals surface area contributed by atoms with Crippen molar-refractivity contribution >= 4 is 65.2 Å². The molecule has 0 atom stereocenters. The summed E-state index contributed by atoms with van der Waals surface area (Å²) in [7, 11) is 0. The lowest BCUT2D eigenvalue weighted by Crippen LogP contribution is -1.79. The summed E-state index contributed by atoms with van der Waals surface area (Å²) in [6.45, 7) is 0. The fourth-order valence-electron chi connectivity index (χ4n) is 4.88. The molecule has 3 heterocycles. The number of rotatable bonds is 0. The van der Waals surface area contributed by atoms with Gasteiger partial charge in [0.15, 0.2) is 0 Å². The minimum absolute atomic E-state index is 1.20. The summed E-state index contributed by atoms with van der Waals surface area (Å²) in [6, 6.07) is 21.7. The fraction of sp³-hybridized carbons (Fsp3) is 0. The molecule has 0 aliphatic rings. The van der Waals surface area contributed by atoms with Gasteiger partial charge in [-0.3, -0.25) is 0 Å². The van der Waals surface area contributed by atoms with Gasteiger partial charge in [-0.1, -0.05) is 48.5 Å². The van der Waals surface area contributed by atoms with E-state index in [4.69, 9.17) is 0 Å². The van der Waals surface area contributed by atoms with E-state index in [1.165, 1.54) is 65.2 Å². The van der Waals surface area contributed by atoms with Crippen molar-refractivity contribution in [3.63, 3.8) is 0 Å². The maximum Gasteiger partial charge on any atom is 0.0552 e. The predicted molar refractivity (Wildman–Crippen MR) is 115 cm³/mol. The summed E-state index contributed by atoms with van der Waals surface area (Å²) >= 11 is 0. The first-order chi connectivity index (χ1) is 13.4. The van der Waals surface area contributed by atoms with Gasteiger partial charge in [-0.15, -0.1) is 0 Å². The van der Waals surface area contributed by atoms with Gasteiger partial charge >= 0.3 is 0 Å². The van der Waals surface area contributed by atoms with Crippen LogP contribution in [0.2, 0.25) is 0 Å². The molecule has 3 aromatic heterocycles. The largest absolute Gasteiger partial charge is 0.361 e. The Bertz CT molecular complexity index is 1550. The van der Waals surface area contributed by atoms with Crippen LogP contribution in [0.4, 0.5) is 0 Å².